The topological polar surface area (TPSA) is 50.3 Å². The first-order chi connectivity index (χ1) is 13.8. The quantitative estimate of drug-likeness (QED) is 0.458. The molecule has 29 heavy (non-hydrogen) atoms. The normalized spacial score (nSPS) is 15.6. The van der Waals surface area contributed by atoms with Gasteiger partial charge in [0.1, 0.15) is 16.5 Å². The summed E-state index contributed by atoms with van der Waals surface area (Å²) in [5.41, 5.74) is 1.88. The lowest BCUT2D eigenvalue weighted by Gasteiger charge is -2.31. The zero-order chi connectivity index (χ0) is 20.6. The second-order valence-electron chi connectivity index (χ2n) is 6.83. The summed E-state index contributed by atoms with van der Waals surface area (Å²) in [4.78, 5) is 6.31. The summed E-state index contributed by atoms with van der Waals surface area (Å²) in [7, 11) is -3.85. The van der Waals surface area contributed by atoms with Crippen LogP contribution in [0.2, 0.25) is 0 Å². The van der Waals surface area contributed by atoms with E-state index in [4.69, 9.17) is 0 Å². The molecule has 1 fully saturated rings. The second-order valence-corrected chi connectivity index (χ2v) is 10.8. The number of thiazole rings is 1. The van der Waals surface area contributed by atoms with Crippen LogP contribution in [0.15, 0.2) is 57.2 Å². The van der Waals surface area contributed by atoms with E-state index in [-0.39, 0.29) is 0 Å². The van der Waals surface area contributed by atoms with Crippen LogP contribution in [-0.4, -0.2) is 31.7 Å². The molecular formula is C20H17BrF2N2O2S2. The van der Waals surface area contributed by atoms with Crippen LogP contribution in [0.3, 0.4) is 0 Å². The zero-order valence-electron chi connectivity index (χ0n) is 15.2. The summed E-state index contributed by atoms with van der Waals surface area (Å²) in [6.45, 7) is 1.02. The van der Waals surface area contributed by atoms with E-state index in [0.29, 0.717) is 32.0 Å². The van der Waals surface area contributed by atoms with Gasteiger partial charge in [0.05, 0.1) is 10.9 Å². The summed E-state index contributed by atoms with van der Waals surface area (Å²) < 4.78 is 53.7. The maximum Gasteiger partial charge on any atom is 0.185 e. The van der Waals surface area contributed by atoms with Crippen LogP contribution in [-0.2, 0) is 9.84 Å². The molecule has 0 radical (unpaired) electrons. The van der Waals surface area contributed by atoms with Crippen molar-refractivity contribution in [3.05, 3.63) is 64.0 Å². The van der Waals surface area contributed by atoms with Crippen molar-refractivity contribution in [1.82, 2.24) is 4.98 Å². The lowest BCUT2D eigenvalue weighted by atomic mass is 10.1. The first-order valence-corrected chi connectivity index (χ1v) is 12.2. The van der Waals surface area contributed by atoms with Gasteiger partial charge in [-0.1, -0.05) is 28.1 Å². The fourth-order valence-corrected chi connectivity index (χ4v) is 6.50. The van der Waals surface area contributed by atoms with Crippen molar-refractivity contribution >= 4 is 42.2 Å². The number of piperidine rings is 1. The van der Waals surface area contributed by atoms with Crippen LogP contribution in [0.5, 0.6) is 0 Å². The van der Waals surface area contributed by atoms with E-state index in [9.17, 15) is 17.2 Å². The molecule has 1 saturated heterocycles. The van der Waals surface area contributed by atoms with Crippen LogP contribution < -0.4 is 4.90 Å². The first-order valence-electron chi connectivity index (χ1n) is 9.00. The Hall–Kier alpha value is -1.84. The lowest BCUT2D eigenvalue weighted by Crippen LogP contribution is -2.39. The molecule has 152 valence electrons. The number of anilines is 1. The highest BCUT2D eigenvalue weighted by atomic mass is 79.9. The van der Waals surface area contributed by atoms with Crippen molar-refractivity contribution in [1.29, 1.82) is 0 Å². The number of hydrogen-bond donors (Lipinski definition) is 0. The molecule has 0 amide bonds. The van der Waals surface area contributed by atoms with Crippen molar-refractivity contribution in [2.24, 2.45) is 0 Å². The van der Waals surface area contributed by atoms with Gasteiger partial charge in [-0.25, -0.2) is 22.2 Å². The van der Waals surface area contributed by atoms with Gasteiger partial charge in [0, 0.05) is 34.6 Å². The molecular weight excluding hydrogens is 482 g/mol. The van der Waals surface area contributed by atoms with E-state index in [1.807, 2.05) is 29.6 Å². The molecule has 9 heteroatoms. The third kappa shape index (κ3) is 4.22. The zero-order valence-corrected chi connectivity index (χ0v) is 18.4. The maximum absolute atomic E-state index is 14.0. The predicted molar refractivity (Wildman–Crippen MR) is 114 cm³/mol. The molecule has 1 aliphatic heterocycles. The number of benzene rings is 2. The summed E-state index contributed by atoms with van der Waals surface area (Å²) in [6.07, 6.45) is 0.732. The number of rotatable bonds is 4. The minimum atomic E-state index is -3.85. The average molecular weight is 499 g/mol. The van der Waals surface area contributed by atoms with Crippen molar-refractivity contribution in [3.63, 3.8) is 0 Å². The molecule has 0 unspecified atom stereocenters. The smallest absolute Gasteiger partial charge is 0.185 e. The van der Waals surface area contributed by atoms with Crippen LogP contribution in [0.1, 0.15) is 12.8 Å². The van der Waals surface area contributed by atoms with Gasteiger partial charge in [0.2, 0.25) is 0 Å². The van der Waals surface area contributed by atoms with E-state index in [1.54, 1.807) is 0 Å². The standard InChI is InChI=1S/C20H17BrF2N2O2S2/c21-14-3-1-2-13(10-14)18-12-28-20(24-18)25-8-6-16(7-9-25)29(26,27)19-5-4-15(22)11-17(19)23/h1-5,10-12,16H,6-9H2. The third-order valence-electron chi connectivity index (χ3n) is 4.96. The number of sulfone groups is 1. The average Bonchev–Trinajstić information content (AvgIpc) is 3.18. The number of halogens is 3. The Kier molecular flexibility index (Phi) is 5.72. The Labute approximate surface area is 180 Å². The molecule has 0 N–H and O–H groups in total. The van der Waals surface area contributed by atoms with Gasteiger partial charge in [-0.2, -0.15) is 0 Å². The van der Waals surface area contributed by atoms with Gasteiger partial charge in [-0.15, -0.1) is 11.3 Å². The van der Waals surface area contributed by atoms with E-state index in [1.165, 1.54) is 11.3 Å². The maximum atomic E-state index is 14.0. The van der Waals surface area contributed by atoms with Gasteiger partial charge >= 0.3 is 0 Å². The Morgan fingerprint density at radius 3 is 2.55 bits per heavy atom. The fraction of sp³-hybridized carbons (Fsp3) is 0.250. The predicted octanol–water partition coefficient (Wildman–Crippen LogP) is 5.29. The van der Waals surface area contributed by atoms with Crippen molar-refractivity contribution < 1.29 is 17.2 Å². The number of aromatic nitrogens is 1. The van der Waals surface area contributed by atoms with E-state index in [0.717, 1.165) is 33.0 Å². The van der Waals surface area contributed by atoms with Crippen molar-refractivity contribution in [2.75, 3.05) is 18.0 Å². The van der Waals surface area contributed by atoms with Crippen LogP contribution >= 0.6 is 27.3 Å². The highest BCUT2D eigenvalue weighted by Crippen LogP contribution is 2.33. The van der Waals surface area contributed by atoms with Crippen molar-refractivity contribution in [3.8, 4) is 11.3 Å². The van der Waals surface area contributed by atoms with Crippen molar-refractivity contribution in [2.45, 2.75) is 23.0 Å². The Morgan fingerprint density at radius 2 is 1.86 bits per heavy atom. The van der Waals surface area contributed by atoms with Gasteiger partial charge in [0.15, 0.2) is 15.0 Å². The highest BCUT2D eigenvalue weighted by Gasteiger charge is 2.34. The van der Waals surface area contributed by atoms with Crippen LogP contribution in [0.4, 0.5) is 13.9 Å². The molecule has 4 rings (SSSR count). The minimum absolute atomic E-state index is 0.366. The Morgan fingerprint density at radius 1 is 1.10 bits per heavy atom. The Bertz CT molecular complexity index is 1140. The lowest BCUT2D eigenvalue weighted by molar-refractivity contribution is 0.516. The van der Waals surface area contributed by atoms with E-state index in [2.05, 4.69) is 25.8 Å². The molecule has 2 heterocycles. The number of hydrogen-bond acceptors (Lipinski definition) is 5. The second kappa shape index (κ2) is 8.12. The van der Waals surface area contributed by atoms with Gasteiger partial charge in [-0.05, 0) is 37.1 Å². The first kappa shape index (κ1) is 20.4. The summed E-state index contributed by atoms with van der Waals surface area (Å²) >= 11 is 4.97. The monoisotopic (exact) mass is 498 g/mol. The van der Waals surface area contributed by atoms with Crippen LogP contribution in [0, 0.1) is 11.6 Å². The van der Waals surface area contributed by atoms with Crippen LogP contribution in [0.25, 0.3) is 11.3 Å². The molecule has 1 aliphatic rings. The van der Waals surface area contributed by atoms with E-state index >= 15 is 0 Å². The minimum Gasteiger partial charge on any atom is -0.348 e. The Balaban J connectivity index is 1.47. The third-order valence-corrected chi connectivity index (χ3v) is 8.65. The molecule has 0 aliphatic carbocycles. The SMILES string of the molecule is O=S(=O)(c1ccc(F)cc1F)C1CCN(c2nc(-c3cccc(Br)c3)cs2)CC1. The number of nitrogens with zero attached hydrogens (tertiary/aromatic N) is 2. The summed E-state index contributed by atoms with van der Waals surface area (Å²) in [5.74, 6) is -1.83. The summed E-state index contributed by atoms with van der Waals surface area (Å²) in [5, 5.41) is 2.13. The van der Waals surface area contributed by atoms with Gasteiger partial charge in [-0.3, -0.25) is 0 Å². The van der Waals surface area contributed by atoms with Gasteiger partial charge in [0.25, 0.3) is 0 Å². The highest BCUT2D eigenvalue weighted by molar-refractivity contribution is 9.10. The van der Waals surface area contributed by atoms with E-state index < -0.39 is 31.6 Å². The molecule has 2 aromatic carbocycles. The molecule has 0 bridgehead atoms. The molecule has 3 aromatic rings. The molecule has 4 nitrogen and oxygen atoms in total. The van der Waals surface area contributed by atoms with Gasteiger partial charge < -0.3 is 4.90 Å². The molecule has 0 saturated carbocycles. The molecule has 0 spiro atoms. The summed E-state index contributed by atoms with van der Waals surface area (Å²) in [6, 6.07) is 10.5. The largest absolute Gasteiger partial charge is 0.348 e. The molecule has 1 aromatic heterocycles. The molecule has 0 atom stereocenters. The fourth-order valence-electron chi connectivity index (χ4n) is 3.43.